The molecule has 1 fully saturated rings. The van der Waals surface area contributed by atoms with Crippen LogP contribution in [0.3, 0.4) is 0 Å². The monoisotopic (exact) mass is 244 g/mol. The maximum absolute atomic E-state index is 5.65. The molecule has 3 N–H and O–H groups in total. The van der Waals surface area contributed by atoms with Crippen LogP contribution in [0.2, 0.25) is 0 Å². The Balaban J connectivity index is 2.09. The van der Waals surface area contributed by atoms with Gasteiger partial charge in [-0.2, -0.15) is 11.8 Å². The summed E-state index contributed by atoms with van der Waals surface area (Å²) in [5.41, 5.74) is 3.02. The molecule has 96 valence electrons. The first kappa shape index (κ1) is 14.3. The molecule has 0 bridgehead atoms. The van der Waals surface area contributed by atoms with Crippen molar-refractivity contribution < 1.29 is 0 Å². The first-order valence-corrected chi connectivity index (χ1v) is 8.06. The maximum atomic E-state index is 5.65. The average Bonchev–Trinajstić information content (AvgIpc) is 2.34. The van der Waals surface area contributed by atoms with Crippen LogP contribution in [0.15, 0.2) is 0 Å². The molecule has 0 spiro atoms. The highest BCUT2D eigenvalue weighted by Gasteiger charge is 2.18. The quantitative estimate of drug-likeness (QED) is 0.391. The second-order valence-corrected chi connectivity index (χ2v) is 6.23. The summed E-state index contributed by atoms with van der Waals surface area (Å²) in [5, 5.41) is 0. The molecule has 1 heterocycles. The van der Waals surface area contributed by atoms with Gasteiger partial charge in [0.2, 0.25) is 0 Å². The molecule has 0 saturated carbocycles. The molecule has 1 saturated heterocycles. The second kappa shape index (κ2) is 9.32. The van der Waals surface area contributed by atoms with Crippen LogP contribution < -0.4 is 11.3 Å². The molecule has 3 heteroatoms. The average molecular weight is 244 g/mol. The Morgan fingerprint density at radius 2 is 2.00 bits per heavy atom. The zero-order chi connectivity index (χ0) is 11.6. The fraction of sp³-hybridized carbons (Fsp3) is 1.00. The van der Waals surface area contributed by atoms with Gasteiger partial charge >= 0.3 is 0 Å². The van der Waals surface area contributed by atoms with Gasteiger partial charge < -0.3 is 0 Å². The smallest absolute Gasteiger partial charge is 0.0213 e. The summed E-state index contributed by atoms with van der Waals surface area (Å²) in [4.78, 5) is 0. The lowest BCUT2D eigenvalue weighted by molar-refractivity contribution is 0.346. The fourth-order valence-electron chi connectivity index (χ4n) is 2.47. The summed E-state index contributed by atoms with van der Waals surface area (Å²) < 4.78 is 0. The van der Waals surface area contributed by atoms with Crippen LogP contribution in [-0.4, -0.2) is 17.5 Å². The Kier molecular flexibility index (Phi) is 8.34. The Labute approximate surface area is 105 Å². The molecule has 0 aliphatic carbocycles. The lowest BCUT2D eigenvalue weighted by Crippen LogP contribution is -2.37. The summed E-state index contributed by atoms with van der Waals surface area (Å²) >= 11 is 2.11. The minimum Gasteiger partial charge on any atom is -0.271 e. The van der Waals surface area contributed by atoms with Crippen molar-refractivity contribution >= 4 is 11.8 Å². The molecule has 1 aliphatic heterocycles. The van der Waals surface area contributed by atoms with Crippen molar-refractivity contribution in [1.29, 1.82) is 0 Å². The van der Waals surface area contributed by atoms with Crippen LogP contribution in [0.5, 0.6) is 0 Å². The van der Waals surface area contributed by atoms with Crippen molar-refractivity contribution in [2.75, 3.05) is 11.5 Å². The van der Waals surface area contributed by atoms with E-state index in [9.17, 15) is 0 Å². The Morgan fingerprint density at radius 1 is 1.25 bits per heavy atom. The molecule has 1 rings (SSSR count). The van der Waals surface area contributed by atoms with E-state index < -0.39 is 0 Å². The van der Waals surface area contributed by atoms with E-state index in [1.54, 1.807) is 0 Å². The molecule has 1 aliphatic rings. The van der Waals surface area contributed by atoms with E-state index in [2.05, 4.69) is 24.1 Å². The topological polar surface area (TPSA) is 38.0 Å². The van der Waals surface area contributed by atoms with Crippen molar-refractivity contribution in [3.05, 3.63) is 0 Å². The van der Waals surface area contributed by atoms with Gasteiger partial charge in [0.15, 0.2) is 0 Å². The predicted molar refractivity (Wildman–Crippen MR) is 74.5 cm³/mol. The normalized spacial score (nSPS) is 19.9. The van der Waals surface area contributed by atoms with Gasteiger partial charge in [-0.15, -0.1) is 0 Å². The number of unbranched alkanes of at least 4 members (excludes halogenated alkanes) is 3. The highest BCUT2D eigenvalue weighted by atomic mass is 32.2. The van der Waals surface area contributed by atoms with E-state index in [-0.39, 0.29) is 0 Å². The van der Waals surface area contributed by atoms with E-state index in [0.29, 0.717) is 6.04 Å². The minimum absolute atomic E-state index is 0.560. The molecule has 2 nitrogen and oxygen atoms in total. The predicted octanol–water partition coefficient (Wildman–Crippen LogP) is 3.32. The minimum atomic E-state index is 0.560. The lowest BCUT2D eigenvalue weighted by atomic mass is 9.92. The van der Waals surface area contributed by atoms with Crippen molar-refractivity contribution in [1.82, 2.24) is 5.43 Å². The highest BCUT2D eigenvalue weighted by molar-refractivity contribution is 7.99. The van der Waals surface area contributed by atoms with Gasteiger partial charge in [-0.25, -0.2) is 0 Å². The van der Waals surface area contributed by atoms with Crippen molar-refractivity contribution in [2.24, 2.45) is 11.8 Å². The second-order valence-electron chi connectivity index (χ2n) is 5.00. The number of hydrogen-bond donors (Lipinski definition) is 2. The van der Waals surface area contributed by atoms with Crippen molar-refractivity contribution in [3.8, 4) is 0 Å². The molecule has 16 heavy (non-hydrogen) atoms. The summed E-state index contributed by atoms with van der Waals surface area (Å²) in [6, 6.07) is 0.560. The molecule has 1 atom stereocenters. The van der Waals surface area contributed by atoms with E-state index >= 15 is 0 Å². The van der Waals surface area contributed by atoms with Gasteiger partial charge in [0.1, 0.15) is 0 Å². The summed E-state index contributed by atoms with van der Waals surface area (Å²) in [6.07, 6.45) is 10.8. The largest absolute Gasteiger partial charge is 0.271 e. The molecule has 0 aromatic rings. The van der Waals surface area contributed by atoms with E-state index in [4.69, 9.17) is 5.84 Å². The van der Waals surface area contributed by atoms with Gasteiger partial charge in [0.05, 0.1) is 0 Å². The lowest BCUT2D eigenvalue weighted by Gasteiger charge is -2.26. The number of nitrogens with two attached hydrogens (primary N) is 1. The van der Waals surface area contributed by atoms with E-state index in [0.717, 1.165) is 5.92 Å². The molecule has 0 radical (unpaired) electrons. The highest BCUT2D eigenvalue weighted by Crippen LogP contribution is 2.27. The van der Waals surface area contributed by atoms with Gasteiger partial charge in [-0.3, -0.25) is 11.3 Å². The van der Waals surface area contributed by atoms with Gasteiger partial charge in [0, 0.05) is 6.04 Å². The molecule has 0 amide bonds. The SMILES string of the molecule is CCCCCCC(CC1CCSCC1)NN. The van der Waals surface area contributed by atoms with Crippen LogP contribution in [-0.2, 0) is 0 Å². The van der Waals surface area contributed by atoms with Crippen LogP contribution in [0.25, 0.3) is 0 Å². The van der Waals surface area contributed by atoms with Crippen LogP contribution >= 0.6 is 11.8 Å². The van der Waals surface area contributed by atoms with Crippen molar-refractivity contribution in [2.45, 2.75) is 64.3 Å². The number of nitrogens with one attached hydrogen (secondary N) is 1. The van der Waals surface area contributed by atoms with Crippen LogP contribution in [0.1, 0.15) is 58.3 Å². The number of thioether (sulfide) groups is 1. The Bertz CT molecular complexity index is 158. The first-order valence-electron chi connectivity index (χ1n) is 6.90. The Hall–Kier alpha value is 0.270. The third kappa shape index (κ3) is 6.12. The third-order valence-electron chi connectivity index (χ3n) is 3.60. The molecule has 0 aromatic carbocycles. The van der Waals surface area contributed by atoms with Gasteiger partial charge in [-0.05, 0) is 43.1 Å². The van der Waals surface area contributed by atoms with E-state index in [1.165, 1.54) is 62.9 Å². The number of hydrogen-bond acceptors (Lipinski definition) is 3. The molecular formula is C13H28N2S. The molecular weight excluding hydrogens is 216 g/mol. The van der Waals surface area contributed by atoms with Crippen molar-refractivity contribution in [3.63, 3.8) is 0 Å². The number of hydrazine groups is 1. The summed E-state index contributed by atoms with van der Waals surface area (Å²) in [6.45, 7) is 2.26. The molecule has 0 aromatic heterocycles. The summed E-state index contributed by atoms with van der Waals surface area (Å²) in [5.74, 6) is 9.29. The van der Waals surface area contributed by atoms with E-state index in [1.807, 2.05) is 0 Å². The van der Waals surface area contributed by atoms with Crippen LogP contribution in [0, 0.1) is 5.92 Å². The van der Waals surface area contributed by atoms with Gasteiger partial charge in [0.25, 0.3) is 0 Å². The zero-order valence-electron chi connectivity index (χ0n) is 10.7. The van der Waals surface area contributed by atoms with Crippen LogP contribution in [0.4, 0.5) is 0 Å². The number of rotatable bonds is 8. The molecule has 1 unspecified atom stereocenters. The standard InChI is InChI=1S/C13H28N2S/c1-2-3-4-5-6-13(15-14)11-12-7-9-16-10-8-12/h12-13,15H,2-11,14H2,1H3. The first-order chi connectivity index (χ1) is 7.86. The zero-order valence-corrected chi connectivity index (χ0v) is 11.5. The third-order valence-corrected chi connectivity index (χ3v) is 4.65. The maximum Gasteiger partial charge on any atom is 0.0213 e. The fourth-order valence-corrected chi connectivity index (χ4v) is 3.68. The van der Waals surface area contributed by atoms with Gasteiger partial charge in [-0.1, -0.05) is 32.6 Å². The Morgan fingerprint density at radius 3 is 2.62 bits per heavy atom. The summed E-state index contributed by atoms with van der Waals surface area (Å²) in [7, 11) is 0.